The Morgan fingerprint density at radius 3 is 2.72 bits per heavy atom. The molecule has 25 heavy (non-hydrogen) atoms. The van der Waals surface area contributed by atoms with E-state index in [1.165, 1.54) is 11.1 Å². The summed E-state index contributed by atoms with van der Waals surface area (Å²) >= 11 is 0. The van der Waals surface area contributed by atoms with E-state index in [0.717, 1.165) is 38.0 Å². The van der Waals surface area contributed by atoms with Crippen molar-refractivity contribution >= 4 is 5.91 Å². The van der Waals surface area contributed by atoms with Gasteiger partial charge in [-0.2, -0.15) is 0 Å². The van der Waals surface area contributed by atoms with Crippen LogP contribution in [-0.2, 0) is 30.9 Å². The fraction of sp³-hybridized carbons (Fsp3) is 0.450. The first-order valence-corrected chi connectivity index (χ1v) is 9.00. The molecule has 2 aliphatic heterocycles. The number of carbonyl (C=O) groups is 1. The maximum Gasteiger partial charge on any atom is 0.241 e. The number of likely N-dealkylation sites (tertiary alicyclic amines) is 1. The zero-order chi connectivity index (χ0) is 17.3. The average molecular weight is 340 g/mol. The molecule has 5 nitrogen and oxygen atoms in total. The van der Waals surface area contributed by atoms with Gasteiger partial charge in [-0.3, -0.25) is 9.69 Å². The molecular formula is C20H24N2O3. The Labute approximate surface area is 147 Å². The van der Waals surface area contributed by atoms with Crippen LogP contribution >= 0.6 is 0 Å². The number of benzene rings is 1. The third-order valence-corrected chi connectivity index (χ3v) is 5.56. The zero-order valence-electron chi connectivity index (χ0n) is 14.3. The third-order valence-electron chi connectivity index (χ3n) is 5.56. The minimum Gasteiger partial charge on any atom is -0.462 e. The van der Waals surface area contributed by atoms with E-state index in [1.807, 2.05) is 12.1 Å². The maximum atomic E-state index is 13.1. The molecule has 3 heterocycles. The van der Waals surface area contributed by atoms with E-state index in [0.29, 0.717) is 18.8 Å². The highest BCUT2D eigenvalue weighted by atomic mass is 16.4. The molecule has 1 spiro atoms. The number of hydrogen-bond donors (Lipinski definition) is 2. The fourth-order valence-corrected chi connectivity index (χ4v) is 4.20. The van der Waals surface area contributed by atoms with Crippen molar-refractivity contribution in [2.24, 2.45) is 0 Å². The number of carbonyl (C=O) groups excluding carboxylic acids is 1. The van der Waals surface area contributed by atoms with Crippen LogP contribution in [0.1, 0.15) is 41.9 Å². The van der Waals surface area contributed by atoms with Crippen molar-refractivity contribution in [1.29, 1.82) is 0 Å². The SMILES string of the molecule is O=C1NCc2ccccc2CC12CCCCN2Cc1ccc(CO)o1. The predicted octanol–water partition coefficient (Wildman–Crippen LogP) is 2.37. The summed E-state index contributed by atoms with van der Waals surface area (Å²) in [4.78, 5) is 15.4. The predicted molar refractivity (Wildman–Crippen MR) is 93.6 cm³/mol. The van der Waals surface area contributed by atoms with Crippen molar-refractivity contribution in [3.05, 3.63) is 59.0 Å². The van der Waals surface area contributed by atoms with E-state index in [2.05, 4.69) is 28.4 Å². The highest BCUT2D eigenvalue weighted by molar-refractivity contribution is 5.87. The summed E-state index contributed by atoms with van der Waals surface area (Å²) in [5, 5.41) is 12.4. The van der Waals surface area contributed by atoms with Gasteiger partial charge < -0.3 is 14.8 Å². The maximum absolute atomic E-state index is 13.1. The van der Waals surface area contributed by atoms with E-state index in [9.17, 15) is 9.90 Å². The van der Waals surface area contributed by atoms with Crippen LogP contribution in [0, 0.1) is 0 Å². The van der Waals surface area contributed by atoms with E-state index in [1.54, 1.807) is 6.07 Å². The van der Waals surface area contributed by atoms with Crippen LogP contribution in [0.15, 0.2) is 40.8 Å². The summed E-state index contributed by atoms with van der Waals surface area (Å²) in [5.41, 5.74) is 1.94. The van der Waals surface area contributed by atoms with Gasteiger partial charge in [-0.25, -0.2) is 0 Å². The lowest BCUT2D eigenvalue weighted by atomic mass is 9.80. The van der Waals surface area contributed by atoms with Crippen LogP contribution in [0.2, 0.25) is 0 Å². The van der Waals surface area contributed by atoms with Crippen molar-refractivity contribution in [3.8, 4) is 0 Å². The Balaban J connectivity index is 1.67. The number of fused-ring (bicyclic) bond motifs is 1. The standard InChI is InChI=1S/C20H24N2O3/c23-14-18-8-7-17(25-18)13-22-10-4-3-9-20(22)11-15-5-1-2-6-16(15)12-21-19(20)24/h1-2,5-8,23H,3-4,9-14H2,(H,21,24). The highest BCUT2D eigenvalue weighted by Crippen LogP contribution is 2.36. The number of amides is 1. The van der Waals surface area contributed by atoms with E-state index >= 15 is 0 Å². The Hall–Kier alpha value is -2.11. The summed E-state index contributed by atoms with van der Waals surface area (Å²) in [7, 11) is 0. The van der Waals surface area contributed by atoms with Crippen molar-refractivity contribution in [3.63, 3.8) is 0 Å². The van der Waals surface area contributed by atoms with Gasteiger partial charge >= 0.3 is 0 Å². The molecule has 0 saturated carbocycles. The lowest BCUT2D eigenvalue weighted by Crippen LogP contribution is -2.60. The molecule has 1 atom stereocenters. The number of rotatable bonds is 3. The van der Waals surface area contributed by atoms with Crippen LogP contribution in [-0.4, -0.2) is 28.0 Å². The molecule has 1 fully saturated rings. The normalized spacial score (nSPS) is 24.0. The molecule has 1 aromatic heterocycles. The van der Waals surface area contributed by atoms with Gasteiger partial charge in [0.15, 0.2) is 0 Å². The molecule has 4 rings (SSSR count). The second-order valence-corrected chi connectivity index (χ2v) is 7.06. The number of nitrogens with one attached hydrogen (secondary N) is 1. The summed E-state index contributed by atoms with van der Waals surface area (Å²) in [6.07, 6.45) is 3.75. The fourth-order valence-electron chi connectivity index (χ4n) is 4.20. The molecule has 1 unspecified atom stereocenters. The van der Waals surface area contributed by atoms with Gasteiger partial charge in [-0.05, 0) is 49.1 Å². The van der Waals surface area contributed by atoms with Crippen molar-refractivity contribution in [2.45, 2.75) is 50.9 Å². The molecule has 2 N–H and O–H groups in total. The van der Waals surface area contributed by atoms with Crippen molar-refractivity contribution in [2.75, 3.05) is 6.54 Å². The van der Waals surface area contributed by atoms with Crippen LogP contribution in [0.25, 0.3) is 0 Å². The van der Waals surface area contributed by atoms with Gasteiger partial charge in [-0.15, -0.1) is 0 Å². The summed E-state index contributed by atoms with van der Waals surface area (Å²) in [6, 6.07) is 12.0. The van der Waals surface area contributed by atoms with E-state index in [-0.39, 0.29) is 12.5 Å². The molecule has 1 amide bonds. The number of furan rings is 1. The first-order valence-electron chi connectivity index (χ1n) is 9.00. The summed E-state index contributed by atoms with van der Waals surface area (Å²) < 4.78 is 5.68. The van der Waals surface area contributed by atoms with Gasteiger partial charge in [0.25, 0.3) is 0 Å². The Kier molecular flexibility index (Phi) is 4.36. The smallest absolute Gasteiger partial charge is 0.241 e. The zero-order valence-corrected chi connectivity index (χ0v) is 14.3. The second-order valence-electron chi connectivity index (χ2n) is 7.06. The van der Waals surface area contributed by atoms with Crippen molar-refractivity contribution in [1.82, 2.24) is 10.2 Å². The van der Waals surface area contributed by atoms with Crippen LogP contribution in [0.4, 0.5) is 0 Å². The van der Waals surface area contributed by atoms with Gasteiger partial charge in [0.05, 0.1) is 6.54 Å². The lowest BCUT2D eigenvalue weighted by molar-refractivity contribution is -0.136. The molecule has 2 aromatic rings. The van der Waals surface area contributed by atoms with Crippen LogP contribution in [0.5, 0.6) is 0 Å². The highest BCUT2D eigenvalue weighted by Gasteiger charge is 2.46. The van der Waals surface area contributed by atoms with E-state index < -0.39 is 5.54 Å². The number of aliphatic hydroxyl groups is 1. The monoisotopic (exact) mass is 340 g/mol. The van der Waals surface area contributed by atoms with Crippen LogP contribution < -0.4 is 5.32 Å². The first kappa shape index (κ1) is 16.4. The van der Waals surface area contributed by atoms with Gasteiger partial charge in [0, 0.05) is 13.0 Å². The summed E-state index contributed by atoms with van der Waals surface area (Å²) in [5.74, 6) is 1.49. The second kappa shape index (κ2) is 6.65. The lowest BCUT2D eigenvalue weighted by Gasteiger charge is -2.45. The number of hydrogen-bond acceptors (Lipinski definition) is 4. The average Bonchev–Trinajstić information content (AvgIpc) is 3.04. The topological polar surface area (TPSA) is 65.7 Å². The molecule has 0 bridgehead atoms. The Morgan fingerprint density at radius 1 is 1.12 bits per heavy atom. The van der Waals surface area contributed by atoms with Crippen molar-refractivity contribution < 1.29 is 14.3 Å². The minimum absolute atomic E-state index is 0.0982. The molecule has 1 aromatic carbocycles. The largest absolute Gasteiger partial charge is 0.462 e. The Bertz CT molecular complexity index is 770. The van der Waals surface area contributed by atoms with Gasteiger partial charge in [0.2, 0.25) is 5.91 Å². The summed E-state index contributed by atoms with van der Waals surface area (Å²) in [6.45, 7) is 1.97. The molecule has 0 radical (unpaired) electrons. The molecule has 132 valence electrons. The number of nitrogens with zero attached hydrogens (tertiary/aromatic N) is 1. The minimum atomic E-state index is -0.517. The quantitative estimate of drug-likeness (QED) is 0.900. The molecule has 0 aliphatic carbocycles. The number of piperidine rings is 1. The molecule has 1 saturated heterocycles. The van der Waals surface area contributed by atoms with E-state index in [4.69, 9.17) is 4.42 Å². The number of aliphatic hydroxyl groups excluding tert-OH is 1. The Morgan fingerprint density at radius 2 is 1.92 bits per heavy atom. The van der Waals surface area contributed by atoms with Gasteiger partial charge in [-0.1, -0.05) is 24.3 Å². The first-order chi connectivity index (χ1) is 12.2. The molecule has 5 heteroatoms. The molecular weight excluding hydrogens is 316 g/mol. The van der Waals surface area contributed by atoms with Crippen LogP contribution in [0.3, 0.4) is 0 Å². The molecule has 2 aliphatic rings. The third kappa shape index (κ3) is 2.98. The van der Waals surface area contributed by atoms with Gasteiger partial charge in [0.1, 0.15) is 23.7 Å².